The summed E-state index contributed by atoms with van der Waals surface area (Å²) in [5, 5.41) is 18.6. The zero-order valence-electron chi connectivity index (χ0n) is 5.56. The molecule has 0 aliphatic heterocycles. The molecule has 0 aromatic heterocycles. The Bertz CT molecular complexity index is 122. The van der Waals surface area contributed by atoms with Gasteiger partial charge in [-0.1, -0.05) is 27.5 Å². The molecule has 10 heavy (non-hydrogen) atoms. The summed E-state index contributed by atoms with van der Waals surface area (Å²) < 4.78 is 0. The average molecular weight is 230 g/mol. The van der Waals surface area contributed by atoms with Gasteiger partial charge in [0.25, 0.3) is 0 Å². The number of halogens is 2. The van der Waals surface area contributed by atoms with Gasteiger partial charge in [-0.3, -0.25) is 10.7 Å². The molecule has 60 valence electrons. The van der Waals surface area contributed by atoms with Gasteiger partial charge >= 0.3 is 0 Å². The van der Waals surface area contributed by atoms with Crippen molar-refractivity contribution in [2.75, 3.05) is 7.05 Å². The molecule has 0 amide bonds. The molecule has 0 bridgehead atoms. The van der Waals surface area contributed by atoms with E-state index in [0.717, 1.165) is 0 Å². The molecular weight excluding hydrogens is 219 g/mol. The predicted octanol–water partition coefficient (Wildman–Crippen LogP) is 0.894. The lowest BCUT2D eigenvalue weighted by Gasteiger charge is -2.14. The highest BCUT2D eigenvalue weighted by molar-refractivity contribution is 9.09. The largest absolute Gasteiger partial charge is 0.377 e. The van der Waals surface area contributed by atoms with Crippen LogP contribution >= 0.6 is 27.5 Å². The first-order valence-electron chi connectivity index (χ1n) is 2.80. The normalized spacial score (nSPS) is 16.4. The zero-order chi connectivity index (χ0) is 8.15. The second kappa shape index (κ2) is 5.07. The van der Waals surface area contributed by atoms with Gasteiger partial charge in [0.15, 0.2) is 0 Å². The Morgan fingerprint density at radius 1 is 1.90 bits per heavy atom. The zero-order valence-corrected chi connectivity index (χ0v) is 7.91. The van der Waals surface area contributed by atoms with Gasteiger partial charge in [0, 0.05) is 6.42 Å². The summed E-state index contributed by atoms with van der Waals surface area (Å²) in [6.07, 6.45) is -0.317. The Kier molecular flexibility index (Phi) is 5.25. The molecular formula is C5H10BrClN2O. The predicted molar refractivity (Wildman–Crippen MR) is 46.0 cm³/mol. The van der Waals surface area contributed by atoms with Crippen molar-refractivity contribution in [3.8, 4) is 0 Å². The van der Waals surface area contributed by atoms with Gasteiger partial charge in [-0.15, -0.1) is 0 Å². The molecule has 2 unspecified atom stereocenters. The van der Waals surface area contributed by atoms with Crippen LogP contribution in [0.15, 0.2) is 0 Å². The number of nitrogens with one attached hydrogen (secondary N) is 2. The van der Waals surface area contributed by atoms with Gasteiger partial charge in [0.1, 0.15) is 6.23 Å². The first-order chi connectivity index (χ1) is 4.57. The minimum atomic E-state index is -0.654. The van der Waals surface area contributed by atoms with E-state index < -0.39 is 6.23 Å². The first kappa shape index (κ1) is 10.4. The number of aliphatic hydroxyl groups is 1. The Morgan fingerprint density at radius 3 is 2.70 bits per heavy atom. The first-order valence-corrected chi connectivity index (χ1v) is 4.09. The lowest BCUT2D eigenvalue weighted by Crippen LogP contribution is -2.34. The third kappa shape index (κ3) is 4.22. The number of hydrogen-bond acceptors (Lipinski definition) is 3. The summed E-state index contributed by atoms with van der Waals surface area (Å²) in [5.41, 5.74) is 0. The summed E-state index contributed by atoms with van der Waals surface area (Å²) in [4.78, 5) is -0.192. The van der Waals surface area contributed by atoms with Gasteiger partial charge in [0.05, 0.1) is 10.00 Å². The van der Waals surface area contributed by atoms with Gasteiger partial charge in [-0.25, -0.2) is 0 Å². The van der Waals surface area contributed by atoms with Gasteiger partial charge in [0.2, 0.25) is 0 Å². The fourth-order valence-corrected chi connectivity index (χ4v) is 1.40. The van der Waals surface area contributed by atoms with Crippen LogP contribution < -0.4 is 5.32 Å². The maximum atomic E-state index is 9.06. The van der Waals surface area contributed by atoms with E-state index in [4.69, 9.17) is 22.1 Å². The van der Waals surface area contributed by atoms with Crippen LogP contribution in [-0.4, -0.2) is 28.4 Å². The van der Waals surface area contributed by atoms with Crippen molar-refractivity contribution in [3.63, 3.8) is 0 Å². The molecule has 0 aromatic carbocycles. The Hall–Kier alpha value is 0.360. The summed E-state index contributed by atoms with van der Waals surface area (Å²) in [7, 11) is 1.64. The molecule has 5 heteroatoms. The molecule has 0 rings (SSSR count). The van der Waals surface area contributed by atoms with E-state index in [2.05, 4.69) is 21.2 Å². The van der Waals surface area contributed by atoms with Crippen molar-refractivity contribution < 1.29 is 5.11 Å². The summed E-state index contributed by atoms with van der Waals surface area (Å²) in [6.45, 7) is 0. The van der Waals surface area contributed by atoms with E-state index >= 15 is 0 Å². The lowest BCUT2D eigenvalue weighted by molar-refractivity contribution is 0.147. The van der Waals surface area contributed by atoms with Crippen LogP contribution in [0, 0.1) is 5.41 Å². The van der Waals surface area contributed by atoms with Crippen LogP contribution in [0.3, 0.4) is 0 Å². The summed E-state index contributed by atoms with van der Waals surface area (Å²) in [6, 6.07) is 0. The smallest absolute Gasteiger partial charge is 0.117 e. The molecule has 0 saturated heterocycles. The van der Waals surface area contributed by atoms with Gasteiger partial charge in [-0.05, 0) is 7.05 Å². The fraction of sp³-hybridized carbons (Fsp3) is 0.800. The minimum absolute atomic E-state index is 0.0381. The summed E-state index contributed by atoms with van der Waals surface area (Å²) >= 11 is 8.45. The molecule has 0 radical (unpaired) electrons. The van der Waals surface area contributed by atoms with Crippen LogP contribution in [0.4, 0.5) is 0 Å². The fourth-order valence-electron chi connectivity index (χ4n) is 0.464. The van der Waals surface area contributed by atoms with Crippen LogP contribution in [-0.2, 0) is 0 Å². The molecule has 0 aliphatic rings. The van der Waals surface area contributed by atoms with E-state index in [-0.39, 0.29) is 10.00 Å². The van der Waals surface area contributed by atoms with E-state index in [9.17, 15) is 0 Å². The Balaban J connectivity index is 3.61. The molecule has 0 heterocycles. The second-order valence-electron chi connectivity index (χ2n) is 1.86. The van der Waals surface area contributed by atoms with Crippen molar-refractivity contribution in [1.29, 1.82) is 5.41 Å². The third-order valence-electron chi connectivity index (χ3n) is 1.01. The van der Waals surface area contributed by atoms with Crippen LogP contribution in [0.5, 0.6) is 0 Å². The molecule has 3 N–H and O–H groups in total. The number of rotatable bonds is 4. The molecule has 0 aliphatic carbocycles. The molecule has 2 atom stereocenters. The van der Waals surface area contributed by atoms with Crippen molar-refractivity contribution in [1.82, 2.24) is 5.32 Å². The van der Waals surface area contributed by atoms with E-state index in [1.54, 1.807) is 7.05 Å². The highest BCUT2D eigenvalue weighted by atomic mass is 79.9. The van der Waals surface area contributed by atoms with Gasteiger partial charge < -0.3 is 5.11 Å². The van der Waals surface area contributed by atoms with Gasteiger partial charge in [-0.2, -0.15) is 0 Å². The second-order valence-corrected chi connectivity index (χ2v) is 3.49. The molecule has 0 spiro atoms. The topological polar surface area (TPSA) is 56.1 Å². The van der Waals surface area contributed by atoms with Crippen molar-refractivity contribution in [2.45, 2.75) is 17.5 Å². The van der Waals surface area contributed by atoms with Crippen LogP contribution in [0.1, 0.15) is 6.42 Å². The third-order valence-corrected chi connectivity index (χ3v) is 1.99. The molecule has 0 saturated carbocycles. The average Bonchev–Trinajstić information content (AvgIpc) is 1.85. The Labute approximate surface area is 73.4 Å². The highest BCUT2D eigenvalue weighted by Gasteiger charge is 2.14. The van der Waals surface area contributed by atoms with Crippen molar-refractivity contribution in [3.05, 3.63) is 0 Å². The Morgan fingerprint density at radius 2 is 2.40 bits per heavy atom. The van der Waals surface area contributed by atoms with E-state index in [1.807, 2.05) is 0 Å². The minimum Gasteiger partial charge on any atom is -0.377 e. The van der Waals surface area contributed by atoms with Crippen molar-refractivity contribution >= 4 is 32.7 Å². The number of alkyl halides is 1. The molecule has 3 nitrogen and oxygen atoms in total. The molecule has 0 aromatic rings. The van der Waals surface area contributed by atoms with Crippen LogP contribution in [0.25, 0.3) is 0 Å². The SMILES string of the molecule is CNC(O)C(Br)CC(=N)Cl. The molecule has 0 fully saturated rings. The monoisotopic (exact) mass is 228 g/mol. The standard InChI is InChI=1S/C5H10BrClN2O/c1-9-5(10)3(6)2-4(7)8/h3,5,8-10H,2H2,1H3. The maximum absolute atomic E-state index is 9.06. The highest BCUT2D eigenvalue weighted by Crippen LogP contribution is 2.10. The lowest BCUT2D eigenvalue weighted by atomic mass is 10.3. The van der Waals surface area contributed by atoms with Crippen LogP contribution in [0.2, 0.25) is 0 Å². The van der Waals surface area contributed by atoms with E-state index in [0.29, 0.717) is 6.42 Å². The summed E-state index contributed by atoms with van der Waals surface area (Å²) in [5.74, 6) is 0. The van der Waals surface area contributed by atoms with E-state index in [1.165, 1.54) is 0 Å². The number of hydrogen-bond donors (Lipinski definition) is 3. The number of aliphatic hydroxyl groups excluding tert-OH is 1. The maximum Gasteiger partial charge on any atom is 0.117 e. The van der Waals surface area contributed by atoms with Crippen molar-refractivity contribution in [2.24, 2.45) is 0 Å². The quantitative estimate of drug-likeness (QED) is 0.381.